The molecule has 126 valence electrons. The number of nitrogens with zero attached hydrogens (tertiary/aromatic N) is 1. The molecule has 2 aromatic rings. The van der Waals surface area contributed by atoms with Gasteiger partial charge in [0.05, 0.1) is 0 Å². The fraction of sp³-hybridized carbons (Fsp3) is 0.350. The maximum absolute atomic E-state index is 13.2. The molecular formula is C20H22FNOS. The van der Waals surface area contributed by atoms with E-state index in [1.54, 1.807) is 6.07 Å². The Balaban J connectivity index is 1.58. The van der Waals surface area contributed by atoms with Gasteiger partial charge in [0, 0.05) is 18.7 Å². The Morgan fingerprint density at radius 3 is 2.54 bits per heavy atom. The van der Waals surface area contributed by atoms with Crippen molar-refractivity contribution in [2.24, 2.45) is 5.92 Å². The predicted octanol–water partition coefficient (Wildman–Crippen LogP) is 4.81. The van der Waals surface area contributed by atoms with Crippen molar-refractivity contribution >= 4 is 17.2 Å². The fourth-order valence-corrected chi connectivity index (χ4v) is 3.20. The zero-order chi connectivity index (χ0) is 16.9. The van der Waals surface area contributed by atoms with Crippen molar-refractivity contribution < 1.29 is 9.13 Å². The monoisotopic (exact) mass is 343 g/mol. The van der Waals surface area contributed by atoms with Crippen LogP contribution in [0.5, 0.6) is 5.75 Å². The number of thiocarbonyl (C=S) groups is 1. The van der Waals surface area contributed by atoms with Crippen molar-refractivity contribution in [2.45, 2.75) is 26.4 Å². The van der Waals surface area contributed by atoms with Crippen LogP contribution in [0.4, 0.5) is 4.39 Å². The third-order valence-corrected chi connectivity index (χ3v) is 4.96. The predicted molar refractivity (Wildman–Crippen MR) is 98.8 cm³/mol. The smallest absolute Gasteiger partial charge is 0.123 e. The van der Waals surface area contributed by atoms with Gasteiger partial charge in [0.1, 0.15) is 23.2 Å². The quantitative estimate of drug-likeness (QED) is 0.739. The Bertz CT molecular complexity index is 693. The summed E-state index contributed by atoms with van der Waals surface area (Å²) in [7, 11) is 0. The molecule has 0 atom stereocenters. The maximum Gasteiger partial charge on any atom is 0.123 e. The molecule has 0 aliphatic carbocycles. The van der Waals surface area contributed by atoms with Gasteiger partial charge in [-0.3, -0.25) is 0 Å². The average molecular weight is 343 g/mol. The van der Waals surface area contributed by atoms with Gasteiger partial charge in [-0.05, 0) is 60.7 Å². The average Bonchev–Trinajstić information content (AvgIpc) is 2.61. The second kappa shape index (κ2) is 7.75. The number of ether oxygens (including phenoxy) is 1. The molecule has 2 nitrogen and oxygen atoms in total. The minimum absolute atomic E-state index is 0.243. The number of hydrogen-bond acceptors (Lipinski definition) is 2. The number of hydrogen-bond donors (Lipinski definition) is 0. The van der Waals surface area contributed by atoms with Crippen LogP contribution in [0.1, 0.15) is 30.9 Å². The van der Waals surface area contributed by atoms with E-state index in [4.69, 9.17) is 17.0 Å². The largest absolute Gasteiger partial charge is 0.489 e. The van der Waals surface area contributed by atoms with Crippen LogP contribution in [0.3, 0.4) is 0 Å². The number of benzene rings is 2. The van der Waals surface area contributed by atoms with Gasteiger partial charge in [0.25, 0.3) is 0 Å². The first-order valence-electron chi connectivity index (χ1n) is 8.38. The molecule has 0 bridgehead atoms. The van der Waals surface area contributed by atoms with Crippen LogP contribution in [0, 0.1) is 11.7 Å². The lowest BCUT2D eigenvalue weighted by molar-refractivity contribution is 0.284. The van der Waals surface area contributed by atoms with E-state index in [1.165, 1.54) is 25.0 Å². The summed E-state index contributed by atoms with van der Waals surface area (Å²) in [5.74, 6) is 1.31. The standard InChI is InChI=1S/C20H22FNOS/c1-15-9-11-22(12-10-15)20(24)17-5-7-19(8-6-17)23-14-16-3-2-4-18(21)13-16/h2-8,13,15H,9-12,14H2,1H3. The first-order valence-corrected chi connectivity index (χ1v) is 8.79. The molecule has 0 radical (unpaired) electrons. The van der Waals surface area contributed by atoms with E-state index in [-0.39, 0.29) is 5.82 Å². The van der Waals surface area contributed by atoms with E-state index in [9.17, 15) is 4.39 Å². The zero-order valence-electron chi connectivity index (χ0n) is 13.9. The van der Waals surface area contributed by atoms with Crippen LogP contribution in [-0.4, -0.2) is 23.0 Å². The van der Waals surface area contributed by atoms with Crippen molar-refractivity contribution in [1.29, 1.82) is 0 Å². The Morgan fingerprint density at radius 2 is 1.88 bits per heavy atom. The highest BCUT2D eigenvalue weighted by molar-refractivity contribution is 7.80. The molecule has 0 aromatic heterocycles. The molecule has 2 aromatic carbocycles. The van der Waals surface area contributed by atoms with Gasteiger partial charge in [0.15, 0.2) is 0 Å². The lowest BCUT2D eigenvalue weighted by Gasteiger charge is -2.32. The zero-order valence-corrected chi connectivity index (χ0v) is 14.7. The summed E-state index contributed by atoms with van der Waals surface area (Å²) < 4.78 is 18.9. The minimum atomic E-state index is -0.243. The van der Waals surface area contributed by atoms with Crippen molar-refractivity contribution in [3.63, 3.8) is 0 Å². The number of rotatable bonds is 4. The summed E-state index contributed by atoms with van der Waals surface area (Å²) in [5.41, 5.74) is 1.87. The van der Waals surface area contributed by atoms with Crippen LogP contribution < -0.4 is 4.74 Å². The summed E-state index contributed by atoms with van der Waals surface area (Å²) in [6, 6.07) is 14.3. The minimum Gasteiger partial charge on any atom is -0.489 e. The van der Waals surface area contributed by atoms with Crippen molar-refractivity contribution in [2.75, 3.05) is 13.1 Å². The Kier molecular flexibility index (Phi) is 5.46. The molecule has 0 saturated carbocycles. The molecule has 0 amide bonds. The second-order valence-corrected chi connectivity index (χ2v) is 6.80. The maximum atomic E-state index is 13.2. The third kappa shape index (κ3) is 4.32. The number of piperidine rings is 1. The molecule has 1 saturated heterocycles. The lowest BCUT2D eigenvalue weighted by Crippen LogP contribution is -2.37. The van der Waals surface area contributed by atoms with E-state index in [1.807, 2.05) is 30.3 Å². The molecular weight excluding hydrogens is 321 g/mol. The molecule has 3 rings (SSSR count). The Labute approximate surface area is 148 Å². The van der Waals surface area contributed by atoms with Gasteiger partial charge in [-0.1, -0.05) is 31.3 Å². The first kappa shape index (κ1) is 16.9. The van der Waals surface area contributed by atoms with Crippen molar-refractivity contribution in [3.8, 4) is 5.75 Å². The van der Waals surface area contributed by atoms with Gasteiger partial charge < -0.3 is 9.64 Å². The van der Waals surface area contributed by atoms with Crippen LogP contribution in [0.2, 0.25) is 0 Å². The van der Waals surface area contributed by atoms with Crippen LogP contribution in [-0.2, 0) is 6.61 Å². The summed E-state index contributed by atoms with van der Waals surface area (Å²) >= 11 is 5.62. The summed E-state index contributed by atoms with van der Waals surface area (Å²) in [5, 5.41) is 0. The van der Waals surface area contributed by atoms with Gasteiger partial charge in [-0.2, -0.15) is 0 Å². The first-order chi connectivity index (χ1) is 11.6. The summed E-state index contributed by atoms with van der Waals surface area (Å²) in [6.07, 6.45) is 2.41. The highest BCUT2D eigenvalue weighted by atomic mass is 32.1. The van der Waals surface area contributed by atoms with Crippen LogP contribution >= 0.6 is 12.2 Å². The fourth-order valence-electron chi connectivity index (χ4n) is 2.88. The highest BCUT2D eigenvalue weighted by Crippen LogP contribution is 2.20. The number of likely N-dealkylation sites (tertiary alicyclic amines) is 1. The number of halogens is 1. The second-order valence-electron chi connectivity index (χ2n) is 6.42. The van der Waals surface area contributed by atoms with E-state index >= 15 is 0 Å². The molecule has 1 heterocycles. The molecule has 24 heavy (non-hydrogen) atoms. The Hall–Kier alpha value is -1.94. The molecule has 0 unspecified atom stereocenters. The topological polar surface area (TPSA) is 12.5 Å². The van der Waals surface area contributed by atoms with Gasteiger partial charge in [-0.25, -0.2) is 4.39 Å². The van der Waals surface area contributed by atoms with Crippen molar-refractivity contribution in [1.82, 2.24) is 4.90 Å². The SMILES string of the molecule is CC1CCN(C(=S)c2ccc(OCc3cccc(F)c3)cc2)CC1. The van der Waals surface area contributed by atoms with Gasteiger partial charge in [0.2, 0.25) is 0 Å². The lowest BCUT2D eigenvalue weighted by atomic mass is 9.99. The third-order valence-electron chi connectivity index (χ3n) is 4.47. The van der Waals surface area contributed by atoms with Crippen LogP contribution in [0.25, 0.3) is 0 Å². The van der Waals surface area contributed by atoms with Crippen LogP contribution in [0.15, 0.2) is 48.5 Å². The molecule has 4 heteroatoms. The highest BCUT2D eigenvalue weighted by Gasteiger charge is 2.18. The van der Waals surface area contributed by atoms with Gasteiger partial charge in [-0.15, -0.1) is 0 Å². The van der Waals surface area contributed by atoms with Gasteiger partial charge >= 0.3 is 0 Å². The van der Waals surface area contributed by atoms with E-state index in [0.717, 1.165) is 40.9 Å². The molecule has 1 aliphatic heterocycles. The molecule has 0 spiro atoms. The van der Waals surface area contributed by atoms with E-state index < -0.39 is 0 Å². The molecule has 1 fully saturated rings. The molecule has 1 aliphatic rings. The summed E-state index contributed by atoms with van der Waals surface area (Å²) in [4.78, 5) is 3.20. The summed E-state index contributed by atoms with van der Waals surface area (Å²) in [6.45, 7) is 4.73. The Morgan fingerprint density at radius 1 is 1.17 bits per heavy atom. The van der Waals surface area contributed by atoms with Crippen molar-refractivity contribution in [3.05, 3.63) is 65.5 Å². The normalized spacial score (nSPS) is 15.3. The molecule has 0 N–H and O–H groups in total. The van der Waals surface area contributed by atoms with E-state index in [2.05, 4.69) is 11.8 Å². The van der Waals surface area contributed by atoms with E-state index in [0.29, 0.717) is 6.61 Å².